The maximum absolute atomic E-state index is 16.9. The zero-order valence-electron chi connectivity index (χ0n) is 26.7. The van der Waals surface area contributed by atoms with Crippen molar-refractivity contribution in [2.45, 2.75) is 65.2 Å². The molecule has 256 valence electrons. The normalized spacial score (nSPS) is 15.0. The Kier molecular flexibility index (Phi) is 13.1. The second-order valence-electron chi connectivity index (χ2n) is 11.8. The number of sulfonamides is 2. The van der Waals surface area contributed by atoms with Gasteiger partial charge in [-0.1, -0.05) is 0 Å². The van der Waals surface area contributed by atoms with Crippen molar-refractivity contribution in [3.63, 3.8) is 0 Å². The molecule has 2 aliphatic carbocycles. The number of unbranched alkanes of at least 4 members (excludes halogenated alkanes) is 2. The molecule has 0 aromatic heterocycles. The molecular formula is C34H42F4N2O4S2Ti. The minimum atomic E-state index is -5.08. The van der Waals surface area contributed by atoms with Crippen molar-refractivity contribution in [3.8, 4) is 0 Å². The van der Waals surface area contributed by atoms with Crippen LogP contribution >= 0.6 is 0 Å². The summed E-state index contributed by atoms with van der Waals surface area (Å²) in [4.78, 5) is 0. The molecule has 0 fully saturated rings. The number of hydrogen-bond donors (Lipinski definition) is 2. The van der Waals surface area contributed by atoms with E-state index < -0.39 is 59.9 Å². The maximum atomic E-state index is 16.9. The molecule has 0 saturated carbocycles. The molecule has 0 amide bonds. The number of allylic oxidation sites excluding steroid dienone is 8. The van der Waals surface area contributed by atoms with E-state index in [0.29, 0.717) is 33.4 Å². The number of hydrogen-bond acceptors (Lipinski definition) is 4. The Labute approximate surface area is 279 Å². The van der Waals surface area contributed by atoms with Crippen molar-refractivity contribution in [1.29, 1.82) is 0 Å². The van der Waals surface area contributed by atoms with Crippen LogP contribution < -0.4 is 17.2 Å². The Hall–Kier alpha value is -2.35. The molecule has 47 heavy (non-hydrogen) atoms. The number of benzene rings is 2. The van der Waals surface area contributed by atoms with Crippen LogP contribution in [-0.4, -0.2) is 41.4 Å². The fourth-order valence-corrected chi connectivity index (χ4v) is 17.0. The third-order valence-electron chi connectivity index (χ3n) is 8.56. The van der Waals surface area contributed by atoms with Crippen LogP contribution in [-0.2, 0) is 49.5 Å². The van der Waals surface area contributed by atoms with Gasteiger partial charge in [0.1, 0.15) is 0 Å². The monoisotopic (exact) mass is 730 g/mol. The van der Waals surface area contributed by atoms with Gasteiger partial charge in [0.15, 0.2) is 0 Å². The second kappa shape index (κ2) is 16.4. The topological polar surface area (TPSA) is 92.3 Å². The summed E-state index contributed by atoms with van der Waals surface area (Å²) < 4.78 is 121. The van der Waals surface area contributed by atoms with Crippen molar-refractivity contribution in [2.75, 3.05) is 24.6 Å². The summed E-state index contributed by atoms with van der Waals surface area (Å²) in [6.45, 7) is 3.47. The van der Waals surface area contributed by atoms with E-state index in [9.17, 15) is 16.8 Å². The molecule has 0 spiro atoms. The van der Waals surface area contributed by atoms with Crippen LogP contribution in [0.15, 0.2) is 68.5 Å². The van der Waals surface area contributed by atoms with Crippen LogP contribution in [0, 0.1) is 23.3 Å². The predicted octanol–water partition coefficient (Wildman–Crippen LogP) is 5.56. The van der Waals surface area contributed by atoms with Gasteiger partial charge in [0.05, 0.1) is 0 Å². The van der Waals surface area contributed by atoms with Crippen LogP contribution in [0.4, 0.5) is 17.6 Å². The summed E-state index contributed by atoms with van der Waals surface area (Å²) in [5.41, 5.74) is 0.0670. The van der Waals surface area contributed by atoms with Gasteiger partial charge >= 0.3 is 281 Å². The first-order valence-electron chi connectivity index (χ1n) is 16.0. The summed E-state index contributed by atoms with van der Waals surface area (Å²) >= 11 is -5.08. The quantitative estimate of drug-likeness (QED) is 0.155. The summed E-state index contributed by atoms with van der Waals surface area (Å²) in [5.74, 6) is -3.88. The predicted molar refractivity (Wildman–Crippen MR) is 176 cm³/mol. The Balaban J connectivity index is 1.85. The van der Waals surface area contributed by atoms with Gasteiger partial charge in [-0.2, -0.15) is 0 Å². The summed E-state index contributed by atoms with van der Waals surface area (Å²) in [6, 6.07) is 4.68. The molecule has 0 atom stereocenters. The fourth-order valence-electron chi connectivity index (χ4n) is 6.18. The molecule has 0 heterocycles. The van der Waals surface area contributed by atoms with E-state index in [4.69, 9.17) is 0 Å². The number of halogens is 4. The Bertz CT molecular complexity index is 1670. The van der Waals surface area contributed by atoms with Crippen LogP contribution in [0.25, 0.3) is 0 Å². The Morgan fingerprint density at radius 1 is 0.660 bits per heavy atom. The molecule has 13 heteroatoms. The van der Waals surface area contributed by atoms with Gasteiger partial charge in [0.25, 0.3) is 0 Å². The molecule has 2 aromatic rings. The molecule has 0 aliphatic heterocycles. The third kappa shape index (κ3) is 8.64. The molecule has 2 N–H and O–H groups in total. The van der Waals surface area contributed by atoms with E-state index in [0.717, 1.165) is 12.1 Å². The van der Waals surface area contributed by atoms with Crippen LogP contribution in [0.3, 0.4) is 0 Å². The van der Waals surface area contributed by atoms with Crippen LogP contribution in [0.2, 0.25) is 0 Å². The first-order chi connectivity index (χ1) is 22.4. The van der Waals surface area contributed by atoms with Crippen molar-refractivity contribution >= 4 is 27.8 Å². The second-order valence-corrected chi connectivity index (χ2v) is 21.6. The minimum absolute atomic E-state index is 0.0335. The SMILES string of the molecule is CCCCS(=O)(=O)NCCc1ccc(F)[c]([Ti]([C]2=CC=CC2)([C]2=CC=CC2)[c]2c(F)ccc(CCNS(=O)(=O)CCCC)c2F)c1F. The summed E-state index contributed by atoms with van der Waals surface area (Å²) in [6.07, 6.45) is 13.0. The molecule has 2 aromatic carbocycles. The van der Waals surface area contributed by atoms with E-state index >= 15 is 17.6 Å². The van der Waals surface area contributed by atoms with Gasteiger partial charge in [0, 0.05) is 0 Å². The van der Waals surface area contributed by atoms with E-state index in [1.807, 2.05) is 13.8 Å². The average Bonchev–Trinajstić information content (AvgIpc) is 3.76. The average molecular weight is 731 g/mol. The molecular weight excluding hydrogens is 688 g/mol. The van der Waals surface area contributed by atoms with Crippen molar-refractivity contribution in [1.82, 2.24) is 9.44 Å². The fraction of sp³-hybridized carbons (Fsp3) is 0.412. The van der Waals surface area contributed by atoms with Gasteiger partial charge in [-0.3, -0.25) is 0 Å². The van der Waals surface area contributed by atoms with Crippen molar-refractivity contribution in [3.05, 3.63) is 103 Å². The number of nitrogens with one attached hydrogen (secondary N) is 2. The molecule has 0 saturated heterocycles. The van der Waals surface area contributed by atoms with E-state index in [2.05, 4.69) is 9.44 Å². The van der Waals surface area contributed by atoms with E-state index in [-0.39, 0.29) is 69.1 Å². The zero-order valence-corrected chi connectivity index (χ0v) is 29.9. The van der Waals surface area contributed by atoms with Gasteiger partial charge in [-0.25, -0.2) is 0 Å². The van der Waals surface area contributed by atoms with Gasteiger partial charge in [-0.15, -0.1) is 0 Å². The summed E-state index contributed by atoms with van der Waals surface area (Å²) in [7, 11) is -7.18. The van der Waals surface area contributed by atoms with Gasteiger partial charge < -0.3 is 0 Å². The first-order valence-corrected chi connectivity index (χ1v) is 22.4. The van der Waals surface area contributed by atoms with E-state index in [1.165, 1.54) is 12.1 Å². The molecule has 0 unspecified atom stereocenters. The van der Waals surface area contributed by atoms with E-state index in [1.54, 1.807) is 36.5 Å². The van der Waals surface area contributed by atoms with Gasteiger partial charge in [0.2, 0.25) is 0 Å². The Morgan fingerprint density at radius 2 is 1.06 bits per heavy atom. The standard InChI is InChI=1S/2C12H16F2NO2S.2C5H5.Ti/c2*1-2-3-8-18(16,17)15-7-6-10-4-5-11(13)9-12(10)14;2*1-2-4-5-3-1;/h2*4-5,15H,2-3,6-8H2,1H3;2*1-3H,4H2;. The number of rotatable bonds is 18. The molecule has 2 aliphatic rings. The third-order valence-corrected chi connectivity index (χ3v) is 19.4. The molecule has 0 radical (unpaired) electrons. The van der Waals surface area contributed by atoms with Crippen molar-refractivity contribution in [2.24, 2.45) is 0 Å². The Morgan fingerprint density at radius 3 is 1.40 bits per heavy atom. The van der Waals surface area contributed by atoms with Crippen molar-refractivity contribution < 1.29 is 51.0 Å². The van der Waals surface area contributed by atoms with Crippen LogP contribution in [0.1, 0.15) is 63.5 Å². The molecule has 6 nitrogen and oxygen atoms in total. The molecule has 0 bridgehead atoms. The first kappa shape index (κ1) is 37.5. The van der Waals surface area contributed by atoms with Gasteiger partial charge in [-0.05, 0) is 0 Å². The zero-order chi connectivity index (χ0) is 34.2. The van der Waals surface area contributed by atoms with Crippen LogP contribution in [0.5, 0.6) is 0 Å². The summed E-state index contributed by atoms with van der Waals surface area (Å²) in [5, 5.41) is 0. The molecule has 4 rings (SSSR count).